The maximum atomic E-state index is 12.6. The van der Waals surface area contributed by atoms with E-state index >= 15 is 0 Å². The second-order valence-electron chi connectivity index (χ2n) is 5.18. The fraction of sp³-hybridized carbons (Fsp3) is 0.125. The normalized spacial score (nSPS) is 13.9. The first kappa shape index (κ1) is 12.7. The summed E-state index contributed by atoms with van der Waals surface area (Å²) >= 11 is 0. The molecule has 3 aromatic rings. The first-order chi connectivity index (χ1) is 10.8. The molecule has 0 saturated carbocycles. The maximum absolute atomic E-state index is 12.6. The number of hydrogen-bond donors (Lipinski definition) is 1. The van der Waals surface area contributed by atoms with Gasteiger partial charge in [-0.15, -0.1) is 0 Å². The topological polar surface area (TPSA) is 79.0 Å². The number of fused-ring (bicyclic) bond motifs is 3. The van der Waals surface area contributed by atoms with Crippen LogP contribution < -0.4 is 0 Å². The predicted molar refractivity (Wildman–Crippen MR) is 79.4 cm³/mol. The summed E-state index contributed by atoms with van der Waals surface area (Å²) in [6, 6.07) is 9.77. The molecule has 4 rings (SSSR count). The lowest BCUT2D eigenvalue weighted by molar-refractivity contribution is 0.0655. The molecule has 0 spiro atoms. The summed E-state index contributed by atoms with van der Waals surface area (Å²) in [6.45, 7) is 0.345. The monoisotopic (exact) mass is 292 g/mol. The highest BCUT2D eigenvalue weighted by atomic mass is 16.2. The first-order valence-corrected chi connectivity index (χ1v) is 6.98. The molecule has 22 heavy (non-hydrogen) atoms. The van der Waals surface area contributed by atoms with E-state index in [1.807, 2.05) is 30.3 Å². The fourth-order valence-electron chi connectivity index (χ4n) is 2.74. The van der Waals surface area contributed by atoms with Crippen LogP contribution in [0.2, 0.25) is 0 Å². The van der Waals surface area contributed by atoms with Crippen LogP contribution in [-0.4, -0.2) is 38.4 Å². The molecule has 1 aliphatic heterocycles. The van der Waals surface area contributed by atoms with Crippen LogP contribution in [0.1, 0.15) is 26.4 Å². The van der Waals surface area contributed by atoms with Gasteiger partial charge in [0.05, 0.1) is 23.5 Å². The summed E-state index contributed by atoms with van der Waals surface area (Å²) < 4.78 is 0. The minimum Gasteiger partial charge on any atom is -0.276 e. The number of imide groups is 1. The third kappa shape index (κ3) is 1.81. The van der Waals surface area contributed by atoms with Crippen molar-refractivity contribution in [1.82, 2.24) is 20.1 Å². The number of amides is 2. The van der Waals surface area contributed by atoms with Crippen molar-refractivity contribution in [2.45, 2.75) is 6.42 Å². The average molecular weight is 292 g/mol. The number of aromatic nitrogens is 3. The Bertz CT molecular complexity index is 886. The van der Waals surface area contributed by atoms with Crippen LogP contribution in [0.4, 0.5) is 0 Å². The van der Waals surface area contributed by atoms with E-state index in [1.54, 1.807) is 6.20 Å². The van der Waals surface area contributed by atoms with Gasteiger partial charge in [-0.25, -0.2) is 4.98 Å². The molecule has 108 valence electrons. The zero-order valence-electron chi connectivity index (χ0n) is 11.6. The Kier molecular flexibility index (Phi) is 2.75. The van der Waals surface area contributed by atoms with Crippen molar-refractivity contribution in [3.8, 4) is 0 Å². The molecule has 1 N–H and O–H groups in total. The lowest BCUT2D eigenvalue weighted by Crippen LogP contribution is -2.31. The Balaban J connectivity index is 1.66. The lowest BCUT2D eigenvalue weighted by Gasteiger charge is -2.13. The molecule has 0 unspecified atom stereocenters. The minimum atomic E-state index is -0.334. The summed E-state index contributed by atoms with van der Waals surface area (Å²) in [6.07, 6.45) is 3.72. The van der Waals surface area contributed by atoms with Gasteiger partial charge in [-0.2, -0.15) is 5.10 Å². The zero-order valence-corrected chi connectivity index (χ0v) is 11.6. The van der Waals surface area contributed by atoms with E-state index in [9.17, 15) is 9.59 Å². The zero-order chi connectivity index (χ0) is 15.1. The second-order valence-corrected chi connectivity index (χ2v) is 5.18. The highest BCUT2D eigenvalue weighted by molar-refractivity contribution is 6.25. The number of carbonyl (C=O) groups excluding carboxylic acids is 2. The fourth-order valence-corrected chi connectivity index (χ4v) is 2.74. The molecule has 2 amide bonds. The number of nitrogens with zero attached hydrogens (tertiary/aromatic N) is 3. The highest BCUT2D eigenvalue weighted by Gasteiger charge is 2.38. The van der Waals surface area contributed by atoms with Gasteiger partial charge in [0.1, 0.15) is 5.69 Å². The van der Waals surface area contributed by atoms with Crippen molar-refractivity contribution < 1.29 is 9.59 Å². The molecule has 6 nitrogen and oxygen atoms in total. The largest absolute Gasteiger partial charge is 0.280 e. The number of nitrogens with one attached hydrogen (secondary N) is 1. The molecule has 1 aromatic carbocycles. The molecule has 3 heterocycles. The Morgan fingerprint density at radius 3 is 2.68 bits per heavy atom. The van der Waals surface area contributed by atoms with Crippen molar-refractivity contribution >= 4 is 22.7 Å². The Morgan fingerprint density at radius 1 is 1.05 bits per heavy atom. The van der Waals surface area contributed by atoms with Gasteiger partial charge in [-0.1, -0.05) is 30.3 Å². The second kappa shape index (κ2) is 4.77. The maximum Gasteiger partial charge on any atom is 0.280 e. The van der Waals surface area contributed by atoms with Crippen molar-refractivity contribution in [3.05, 3.63) is 59.5 Å². The third-order valence-corrected chi connectivity index (χ3v) is 3.87. The molecule has 0 atom stereocenters. The Labute approximate surface area is 125 Å². The van der Waals surface area contributed by atoms with E-state index < -0.39 is 0 Å². The number of rotatable bonds is 3. The molecule has 0 radical (unpaired) electrons. The Morgan fingerprint density at radius 2 is 1.86 bits per heavy atom. The van der Waals surface area contributed by atoms with Crippen molar-refractivity contribution in [3.63, 3.8) is 0 Å². The molecular formula is C16H12N4O2. The summed E-state index contributed by atoms with van der Waals surface area (Å²) in [7, 11) is 0. The van der Waals surface area contributed by atoms with Crippen LogP contribution in [0.15, 0.2) is 42.7 Å². The lowest BCUT2D eigenvalue weighted by atomic mass is 10.1. The smallest absolute Gasteiger partial charge is 0.276 e. The van der Waals surface area contributed by atoms with Crippen molar-refractivity contribution in [1.29, 1.82) is 0 Å². The summed E-state index contributed by atoms with van der Waals surface area (Å²) in [5, 5.41) is 7.32. The minimum absolute atomic E-state index is 0.215. The van der Waals surface area contributed by atoms with Crippen LogP contribution in [0.5, 0.6) is 0 Å². The molecule has 0 saturated heterocycles. The summed E-state index contributed by atoms with van der Waals surface area (Å²) in [5.41, 5.74) is 2.31. The van der Waals surface area contributed by atoms with Crippen LogP contribution in [0, 0.1) is 0 Å². The molecule has 0 fully saturated rings. The van der Waals surface area contributed by atoms with Crippen LogP contribution >= 0.6 is 0 Å². The van der Waals surface area contributed by atoms with Gasteiger partial charge in [-0.05, 0) is 12.0 Å². The highest BCUT2D eigenvalue weighted by Crippen LogP contribution is 2.27. The number of aromatic amines is 1. The summed E-state index contributed by atoms with van der Waals surface area (Å²) in [5.74, 6) is -0.630. The Hall–Kier alpha value is -3.02. The van der Waals surface area contributed by atoms with E-state index in [0.717, 1.165) is 5.56 Å². The molecule has 1 aliphatic rings. The van der Waals surface area contributed by atoms with Crippen LogP contribution in [-0.2, 0) is 6.42 Å². The van der Waals surface area contributed by atoms with E-state index in [-0.39, 0.29) is 17.5 Å². The number of H-pyrrole nitrogens is 1. The standard InChI is InChI=1S/C16H12N4O2/c21-15-13-11-8-18-19-12(11)9-17-14(13)16(22)20(15)7-6-10-4-2-1-3-5-10/h1-5,8-9H,6-7H2,(H,18,19). The van der Waals surface area contributed by atoms with Gasteiger partial charge in [0, 0.05) is 11.9 Å². The van der Waals surface area contributed by atoms with Gasteiger partial charge in [-0.3, -0.25) is 19.6 Å². The van der Waals surface area contributed by atoms with E-state index in [2.05, 4.69) is 15.2 Å². The number of benzene rings is 1. The van der Waals surface area contributed by atoms with Gasteiger partial charge >= 0.3 is 0 Å². The SMILES string of the molecule is O=C1c2ncc3[nH]ncc3c2C(=O)N1CCc1ccccc1. The molecule has 2 aromatic heterocycles. The van der Waals surface area contributed by atoms with Gasteiger partial charge < -0.3 is 0 Å². The van der Waals surface area contributed by atoms with Gasteiger partial charge in [0.15, 0.2) is 0 Å². The number of pyridine rings is 1. The van der Waals surface area contributed by atoms with Gasteiger partial charge in [0.2, 0.25) is 0 Å². The average Bonchev–Trinajstić information content (AvgIpc) is 3.11. The van der Waals surface area contributed by atoms with E-state index in [4.69, 9.17) is 0 Å². The molecule has 6 heteroatoms. The molecule has 0 aliphatic carbocycles. The third-order valence-electron chi connectivity index (χ3n) is 3.87. The van der Waals surface area contributed by atoms with Crippen LogP contribution in [0.3, 0.4) is 0 Å². The first-order valence-electron chi connectivity index (χ1n) is 6.98. The molecular weight excluding hydrogens is 280 g/mol. The number of carbonyl (C=O) groups is 2. The number of hydrogen-bond acceptors (Lipinski definition) is 4. The summed E-state index contributed by atoms with van der Waals surface area (Å²) in [4.78, 5) is 30.3. The van der Waals surface area contributed by atoms with Crippen molar-refractivity contribution in [2.75, 3.05) is 6.54 Å². The molecule has 0 bridgehead atoms. The van der Waals surface area contributed by atoms with Gasteiger partial charge in [0.25, 0.3) is 11.8 Å². The van der Waals surface area contributed by atoms with E-state index in [0.29, 0.717) is 29.4 Å². The van der Waals surface area contributed by atoms with Crippen molar-refractivity contribution in [2.24, 2.45) is 0 Å². The predicted octanol–water partition coefficient (Wildman–Crippen LogP) is 1.80. The van der Waals surface area contributed by atoms with Crippen LogP contribution in [0.25, 0.3) is 10.9 Å². The quantitative estimate of drug-likeness (QED) is 0.746. The van der Waals surface area contributed by atoms with E-state index in [1.165, 1.54) is 11.1 Å².